The summed E-state index contributed by atoms with van der Waals surface area (Å²) in [5.74, 6) is -0.387. The highest BCUT2D eigenvalue weighted by molar-refractivity contribution is 5.96. The normalized spacial score (nSPS) is 16.0. The fourth-order valence-corrected chi connectivity index (χ4v) is 3.80. The molecule has 0 saturated carbocycles. The van der Waals surface area contributed by atoms with E-state index in [1.807, 2.05) is 6.07 Å². The van der Waals surface area contributed by atoms with Gasteiger partial charge in [0.1, 0.15) is 0 Å². The van der Waals surface area contributed by atoms with Crippen molar-refractivity contribution in [1.29, 1.82) is 0 Å². The molecule has 1 heterocycles. The predicted molar refractivity (Wildman–Crippen MR) is 106 cm³/mol. The van der Waals surface area contributed by atoms with Gasteiger partial charge in [0.2, 0.25) is 5.91 Å². The second-order valence-corrected chi connectivity index (χ2v) is 7.19. The lowest BCUT2D eigenvalue weighted by molar-refractivity contribution is -0.120. The Bertz CT molecular complexity index is 991. The first-order chi connectivity index (χ1) is 13.1. The third kappa shape index (κ3) is 3.72. The van der Waals surface area contributed by atoms with Crippen molar-refractivity contribution in [3.05, 3.63) is 70.9 Å². The minimum atomic E-state index is -0.234. The van der Waals surface area contributed by atoms with Crippen molar-refractivity contribution in [3.8, 4) is 0 Å². The van der Waals surface area contributed by atoms with Gasteiger partial charge >= 0.3 is 0 Å². The molecule has 5 heteroatoms. The Kier molecular flexibility index (Phi) is 4.67. The van der Waals surface area contributed by atoms with Crippen LogP contribution in [0.25, 0.3) is 10.9 Å². The van der Waals surface area contributed by atoms with Crippen LogP contribution < -0.4 is 10.6 Å². The minimum absolute atomic E-state index is 0.0109. The van der Waals surface area contributed by atoms with Gasteiger partial charge in [-0.05, 0) is 49.6 Å². The molecule has 1 aromatic heterocycles. The number of carbonyl (C=O) groups is 2. The number of hydrogen-bond acceptors (Lipinski definition) is 2. The molecule has 1 aliphatic carbocycles. The van der Waals surface area contributed by atoms with Crippen LogP contribution in [0.3, 0.4) is 0 Å². The van der Waals surface area contributed by atoms with E-state index in [-0.39, 0.29) is 24.4 Å². The van der Waals surface area contributed by atoms with Gasteiger partial charge in [-0.15, -0.1) is 0 Å². The summed E-state index contributed by atoms with van der Waals surface area (Å²) < 4.78 is 0. The maximum atomic E-state index is 12.2. The molecule has 0 fully saturated rings. The molecular weight excluding hydrogens is 338 g/mol. The first-order valence-electron chi connectivity index (χ1n) is 9.33. The quantitative estimate of drug-likeness (QED) is 0.668. The van der Waals surface area contributed by atoms with E-state index in [1.54, 1.807) is 24.3 Å². The summed E-state index contributed by atoms with van der Waals surface area (Å²) >= 11 is 0. The summed E-state index contributed by atoms with van der Waals surface area (Å²) in [6, 6.07) is 15.5. The van der Waals surface area contributed by atoms with Crippen molar-refractivity contribution in [1.82, 2.24) is 15.6 Å². The van der Waals surface area contributed by atoms with E-state index >= 15 is 0 Å². The average molecular weight is 361 g/mol. The molecular formula is C22H23N3O2. The second kappa shape index (κ2) is 7.27. The van der Waals surface area contributed by atoms with Crippen LogP contribution >= 0.6 is 0 Å². The minimum Gasteiger partial charge on any atom is -0.358 e. The monoisotopic (exact) mass is 361 g/mol. The lowest BCUT2D eigenvalue weighted by Crippen LogP contribution is -2.44. The zero-order valence-electron chi connectivity index (χ0n) is 15.3. The summed E-state index contributed by atoms with van der Waals surface area (Å²) in [4.78, 5) is 27.8. The number of amides is 2. The maximum absolute atomic E-state index is 12.2. The Labute approximate surface area is 158 Å². The molecule has 2 aromatic carbocycles. The van der Waals surface area contributed by atoms with Gasteiger partial charge in [0.25, 0.3) is 5.91 Å². The predicted octanol–water partition coefficient (Wildman–Crippen LogP) is 2.88. The second-order valence-electron chi connectivity index (χ2n) is 7.19. The van der Waals surface area contributed by atoms with Gasteiger partial charge in [-0.3, -0.25) is 9.59 Å². The van der Waals surface area contributed by atoms with Crippen LogP contribution in [0.1, 0.15) is 33.6 Å². The van der Waals surface area contributed by atoms with Crippen molar-refractivity contribution < 1.29 is 9.59 Å². The number of aryl methyl sites for hydroxylation is 2. The maximum Gasteiger partial charge on any atom is 0.251 e. The van der Waals surface area contributed by atoms with E-state index in [2.05, 4.69) is 40.7 Å². The van der Waals surface area contributed by atoms with Gasteiger partial charge in [-0.25, -0.2) is 0 Å². The van der Waals surface area contributed by atoms with Crippen molar-refractivity contribution in [2.75, 3.05) is 6.54 Å². The number of hydrogen-bond donors (Lipinski definition) is 3. The topological polar surface area (TPSA) is 74.0 Å². The highest BCUT2D eigenvalue weighted by Crippen LogP contribution is 2.29. The third-order valence-electron chi connectivity index (χ3n) is 5.15. The number of fused-ring (bicyclic) bond motifs is 3. The lowest BCUT2D eigenvalue weighted by Gasteiger charge is -2.23. The van der Waals surface area contributed by atoms with Crippen LogP contribution in [0, 0.1) is 6.92 Å². The molecule has 1 atom stereocenters. The molecule has 27 heavy (non-hydrogen) atoms. The summed E-state index contributed by atoms with van der Waals surface area (Å²) in [7, 11) is 0. The van der Waals surface area contributed by atoms with Crippen molar-refractivity contribution in [3.63, 3.8) is 0 Å². The molecule has 0 saturated heterocycles. The van der Waals surface area contributed by atoms with Gasteiger partial charge in [-0.2, -0.15) is 0 Å². The fraction of sp³-hybridized carbons (Fsp3) is 0.273. The largest absolute Gasteiger partial charge is 0.358 e. The third-order valence-corrected chi connectivity index (χ3v) is 5.15. The van der Waals surface area contributed by atoms with Crippen LogP contribution in [0.15, 0.2) is 48.5 Å². The average Bonchev–Trinajstić information content (AvgIpc) is 3.03. The van der Waals surface area contributed by atoms with E-state index in [1.165, 1.54) is 22.2 Å². The number of nitrogens with one attached hydrogen (secondary N) is 3. The lowest BCUT2D eigenvalue weighted by atomic mass is 9.91. The van der Waals surface area contributed by atoms with Crippen LogP contribution in [-0.4, -0.2) is 29.4 Å². The Hall–Kier alpha value is -3.08. The Morgan fingerprint density at radius 3 is 2.78 bits per heavy atom. The van der Waals surface area contributed by atoms with E-state index in [4.69, 9.17) is 0 Å². The molecule has 138 valence electrons. The fourth-order valence-electron chi connectivity index (χ4n) is 3.80. The zero-order valence-corrected chi connectivity index (χ0v) is 15.3. The van der Waals surface area contributed by atoms with E-state index in [0.717, 1.165) is 24.8 Å². The number of carbonyl (C=O) groups excluding carboxylic acids is 2. The molecule has 0 radical (unpaired) electrons. The Morgan fingerprint density at radius 1 is 1.15 bits per heavy atom. The molecule has 5 nitrogen and oxygen atoms in total. The van der Waals surface area contributed by atoms with E-state index < -0.39 is 0 Å². The van der Waals surface area contributed by atoms with E-state index in [9.17, 15) is 9.59 Å². The Balaban J connectivity index is 1.35. The highest BCUT2D eigenvalue weighted by atomic mass is 16.2. The number of rotatable bonds is 4. The summed E-state index contributed by atoms with van der Waals surface area (Å²) in [5, 5.41) is 7.02. The van der Waals surface area contributed by atoms with Gasteiger partial charge < -0.3 is 15.6 Å². The van der Waals surface area contributed by atoms with Gasteiger partial charge in [0.05, 0.1) is 6.54 Å². The van der Waals surface area contributed by atoms with Crippen LogP contribution in [0.2, 0.25) is 0 Å². The number of benzene rings is 2. The number of H-pyrrole nitrogens is 1. The molecule has 2 amide bonds. The van der Waals surface area contributed by atoms with Crippen molar-refractivity contribution in [2.24, 2.45) is 0 Å². The van der Waals surface area contributed by atoms with Gasteiger partial charge in [0.15, 0.2) is 0 Å². The van der Waals surface area contributed by atoms with Crippen LogP contribution in [0.5, 0.6) is 0 Å². The smallest absolute Gasteiger partial charge is 0.251 e. The SMILES string of the molecule is Cc1ccc2[nH]c3c(c2c1)CCC(NC(=O)CNC(=O)c1ccccc1)C3. The molecule has 3 N–H and O–H groups in total. The molecule has 0 spiro atoms. The van der Waals surface area contributed by atoms with Crippen molar-refractivity contribution >= 4 is 22.7 Å². The molecule has 1 unspecified atom stereocenters. The summed E-state index contributed by atoms with van der Waals surface area (Å²) in [6.07, 6.45) is 2.65. The first-order valence-corrected chi connectivity index (χ1v) is 9.33. The van der Waals surface area contributed by atoms with E-state index in [0.29, 0.717) is 5.56 Å². The first kappa shape index (κ1) is 17.3. The van der Waals surface area contributed by atoms with Crippen molar-refractivity contribution in [2.45, 2.75) is 32.2 Å². The molecule has 0 bridgehead atoms. The van der Waals surface area contributed by atoms with Crippen LogP contribution in [0.4, 0.5) is 0 Å². The zero-order chi connectivity index (χ0) is 18.8. The molecule has 3 aromatic rings. The summed E-state index contributed by atoms with van der Waals surface area (Å²) in [5.41, 5.74) is 5.56. The van der Waals surface area contributed by atoms with Crippen LogP contribution in [-0.2, 0) is 17.6 Å². The standard InChI is InChI=1S/C22H23N3O2/c1-14-7-10-19-18(11-14)17-9-8-16(12-20(17)25-19)24-21(26)13-23-22(27)15-5-3-2-4-6-15/h2-7,10-11,16,25H,8-9,12-13H2,1H3,(H,23,27)(H,24,26). The molecule has 0 aliphatic heterocycles. The van der Waals surface area contributed by atoms with Gasteiger partial charge in [0, 0.05) is 34.6 Å². The van der Waals surface area contributed by atoms with Gasteiger partial charge in [-0.1, -0.05) is 29.8 Å². The Morgan fingerprint density at radius 2 is 1.96 bits per heavy atom. The highest BCUT2D eigenvalue weighted by Gasteiger charge is 2.23. The summed E-state index contributed by atoms with van der Waals surface area (Å²) in [6.45, 7) is 2.09. The number of aromatic nitrogens is 1. The molecule has 4 rings (SSSR count). The number of aromatic amines is 1. The molecule has 1 aliphatic rings.